The highest BCUT2D eigenvalue weighted by molar-refractivity contribution is 7.89. The molecule has 1 amide bonds. The zero-order valence-corrected chi connectivity index (χ0v) is 13.1. The highest BCUT2D eigenvalue weighted by Crippen LogP contribution is 2.30. The lowest BCUT2D eigenvalue weighted by atomic mass is 9.98. The number of rotatable bonds is 3. The Morgan fingerprint density at radius 1 is 1.24 bits per heavy atom. The van der Waals surface area contributed by atoms with Gasteiger partial charge in [-0.05, 0) is 43.9 Å². The van der Waals surface area contributed by atoms with Crippen molar-refractivity contribution in [3.8, 4) is 0 Å². The lowest BCUT2D eigenvalue weighted by molar-refractivity contribution is -0.122. The van der Waals surface area contributed by atoms with Gasteiger partial charge in [0, 0.05) is 24.7 Å². The van der Waals surface area contributed by atoms with Gasteiger partial charge in [-0.3, -0.25) is 4.79 Å². The van der Waals surface area contributed by atoms with Crippen LogP contribution < -0.4 is 11.5 Å². The zero-order valence-electron chi connectivity index (χ0n) is 12.3. The molecule has 0 saturated carbocycles. The molecule has 4 N–H and O–H groups in total. The van der Waals surface area contributed by atoms with Gasteiger partial charge in [-0.15, -0.1) is 0 Å². The van der Waals surface area contributed by atoms with Crippen LogP contribution in [0.3, 0.4) is 0 Å². The first kappa shape index (κ1) is 15.8. The molecule has 2 rings (SSSR count). The number of hydrogen-bond donors (Lipinski definition) is 2. The first-order chi connectivity index (χ1) is 9.75. The van der Waals surface area contributed by atoms with Crippen LogP contribution in [0.2, 0.25) is 0 Å². The van der Waals surface area contributed by atoms with Crippen LogP contribution in [0.1, 0.15) is 24.0 Å². The van der Waals surface area contributed by atoms with Crippen LogP contribution in [0.25, 0.3) is 0 Å². The number of primary amides is 1. The lowest BCUT2D eigenvalue weighted by Crippen LogP contribution is -2.42. The third kappa shape index (κ3) is 2.89. The Morgan fingerprint density at radius 2 is 1.81 bits per heavy atom. The number of aryl methyl sites for hydroxylation is 1. The Labute approximate surface area is 125 Å². The van der Waals surface area contributed by atoms with E-state index in [1.807, 2.05) is 0 Å². The van der Waals surface area contributed by atoms with Gasteiger partial charge in [-0.2, -0.15) is 4.31 Å². The number of nitrogen functional groups attached to an aromatic ring is 1. The molecule has 7 heteroatoms. The first-order valence-corrected chi connectivity index (χ1v) is 8.34. The van der Waals surface area contributed by atoms with Crippen molar-refractivity contribution in [1.29, 1.82) is 0 Å². The molecule has 1 heterocycles. The summed E-state index contributed by atoms with van der Waals surface area (Å²) < 4.78 is 27.0. The van der Waals surface area contributed by atoms with Crippen molar-refractivity contribution in [2.75, 3.05) is 18.8 Å². The highest BCUT2D eigenvalue weighted by Gasteiger charge is 2.33. The Hall–Kier alpha value is -1.60. The quantitative estimate of drug-likeness (QED) is 0.804. The summed E-state index contributed by atoms with van der Waals surface area (Å²) in [4.78, 5) is 11.4. The summed E-state index contributed by atoms with van der Waals surface area (Å²) in [7, 11) is -3.59. The van der Waals surface area contributed by atoms with Gasteiger partial charge in [0.25, 0.3) is 0 Å². The predicted octanol–water partition coefficient (Wildman–Crippen LogP) is 0.772. The van der Waals surface area contributed by atoms with Crippen molar-refractivity contribution in [2.45, 2.75) is 31.6 Å². The monoisotopic (exact) mass is 311 g/mol. The average Bonchev–Trinajstić information content (AvgIpc) is 2.43. The fourth-order valence-electron chi connectivity index (χ4n) is 2.75. The second-order valence-corrected chi connectivity index (χ2v) is 7.38. The summed E-state index contributed by atoms with van der Waals surface area (Å²) in [6.07, 6.45) is 0.934. The minimum atomic E-state index is -3.59. The highest BCUT2D eigenvalue weighted by atomic mass is 32.2. The molecule has 6 nitrogen and oxygen atoms in total. The van der Waals surface area contributed by atoms with Crippen LogP contribution in [0, 0.1) is 19.8 Å². The Balaban J connectivity index is 2.32. The summed E-state index contributed by atoms with van der Waals surface area (Å²) >= 11 is 0. The van der Waals surface area contributed by atoms with E-state index < -0.39 is 10.0 Å². The smallest absolute Gasteiger partial charge is 0.243 e. The van der Waals surface area contributed by atoms with Crippen LogP contribution in [-0.4, -0.2) is 31.7 Å². The van der Waals surface area contributed by atoms with E-state index in [4.69, 9.17) is 11.5 Å². The predicted molar refractivity (Wildman–Crippen MR) is 81.0 cm³/mol. The number of benzene rings is 1. The molecule has 1 aromatic rings. The van der Waals surface area contributed by atoms with E-state index in [0.29, 0.717) is 42.7 Å². The van der Waals surface area contributed by atoms with E-state index in [0.717, 1.165) is 0 Å². The molecular formula is C14H21N3O3S. The number of nitrogens with two attached hydrogens (primary N) is 2. The fourth-order valence-corrected chi connectivity index (χ4v) is 4.68. The zero-order chi connectivity index (χ0) is 15.8. The van der Waals surface area contributed by atoms with Crippen LogP contribution in [0.5, 0.6) is 0 Å². The molecule has 1 aliphatic rings. The Kier molecular flexibility index (Phi) is 4.25. The molecule has 0 spiro atoms. The molecule has 1 fully saturated rings. The van der Waals surface area contributed by atoms with Gasteiger partial charge in [0.15, 0.2) is 0 Å². The van der Waals surface area contributed by atoms with E-state index in [1.54, 1.807) is 26.0 Å². The molecule has 1 aromatic carbocycles. The van der Waals surface area contributed by atoms with Gasteiger partial charge < -0.3 is 11.5 Å². The number of sulfonamides is 1. The van der Waals surface area contributed by atoms with E-state index in [9.17, 15) is 13.2 Å². The first-order valence-electron chi connectivity index (χ1n) is 6.90. The van der Waals surface area contributed by atoms with Crippen molar-refractivity contribution in [2.24, 2.45) is 11.7 Å². The largest absolute Gasteiger partial charge is 0.398 e. The third-order valence-corrected chi connectivity index (χ3v) is 6.29. The number of nitrogens with zero attached hydrogens (tertiary/aromatic N) is 1. The summed E-state index contributed by atoms with van der Waals surface area (Å²) in [5.41, 5.74) is 12.8. The third-order valence-electron chi connectivity index (χ3n) is 4.10. The van der Waals surface area contributed by atoms with Crippen molar-refractivity contribution in [3.63, 3.8) is 0 Å². The number of hydrogen-bond acceptors (Lipinski definition) is 4. The Morgan fingerprint density at radius 3 is 2.33 bits per heavy atom. The maximum absolute atomic E-state index is 12.8. The van der Waals surface area contributed by atoms with Gasteiger partial charge >= 0.3 is 0 Å². The minimum Gasteiger partial charge on any atom is -0.398 e. The molecular weight excluding hydrogens is 290 g/mol. The Bertz CT molecular complexity index is 662. The van der Waals surface area contributed by atoms with Crippen LogP contribution in [0.15, 0.2) is 17.0 Å². The maximum atomic E-state index is 12.8. The van der Waals surface area contributed by atoms with Gasteiger partial charge in [0.2, 0.25) is 15.9 Å². The van der Waals surface area contributed by atoms with Crippen LogP contribution >= 0.6 is 0 Å². The summed E-state index contributed by atoms with van der Waals surface area (Å²) in [6.45, 7) is 4.09. The van der Waals surface area contributed by atoms with E-state index in [-0.39, 0.29) is 16.7 Å². The normalized spacial score (nSPS) is 17.8. The van der Waals surface area contributed by atoms with Gasteiger partial charge in [0.05, 0.1) is 4.90 Å². The summed E-state index contributed by atoms with van der Waals surface area (Å²) in [5, 5.41) is 0. The van der Waals surface area contributed by atoms with Crippen molar-refractivity contribution in [1.82, 2.24) is 4.31 Å². The number of anilines is 1. The van der Waals surface area contributed by atoms with Gasteiger partial charge in [-0.25, -0.2) is 8.42 Å². The molecule has 1 aliphatic heterocycles. The fraction of sp³-hybridized carbons (Fsp3) is 0.500. The van der Waals surface area contributed by atoms with E-state index in [1.165, 1.54) is 4.31 Å². The SMILES string of the molecule is Cc1ccc(N)c(C)c1S(=O)(=O)N1CCC(C(N)=O)CC1. The summed E-state index contributed by atoms with van der Waals surface area (Å²) in [5.74, 6) is -0.595. The molecule has 0 aliphatic carbocycles. The second kappa shape index (κ2) is 5.65. The van der Waals surface area contributed by atoms with E-state index >= 15 is 0 Å². The molecule has 0 atom stereocenters. The molecule has 0 aromatic heterocycles. The number of carbonyl (C=O) groups is 1. The number of carbonyl (C=O) groups excluding carboxylic acids is 1. The number of piperidine rings is 1. The average molecular weight is 311 g/mol. The maximum Gasteiger partial charge on any atom is 0.243 e. The minimum absolute atomic E-state index is 0.237. The molecule has 1 saturated heterocycles. The molecule has 0 radical (unpaired) electrons. The van der Waals surface area contributed by atoms with Crippen molar-refractivity contribution >= 4 is 21.6 Å². The molecule has 0 bridgehead atoms. The molecule has 0 unspecified atom stereocenters. The topological polar surface area (TPSA) is 106 Å². The second-order valence-electron chi connectivity index (χ2n) is 5.51. The van der Waals surface area contributed by atoms with Crippen molar-refractivity contribution in [3.05, 3.63) is 23.3 Å². The van der Waals surface area contributed by atoms with Crippen molar-refractivity contribution < 1.29 is 13.2 Å². The van der Waals surface area contributed by atoms with E-state index in [2.05, 4.69) is 0 Å². The standard InChI is InChI=1S/C14H21N3O3S/c1-9-3-4-12(15)10(2)13(9)21(19,20)17-7-5-11(6-8-17)14(16)18/h3-4,11H,5-8,15H2,1-2H3,(H2,16,18). The van der Waals surface area contributed by atoms with Gasteiger partial charge in [0.1, 0.15) is 0 Å². The molecule has 116 valence electrons. The van der Waals surface area contributed by atoms with Crippen LogP contribution in [-0.2, 0) is 14.8 Å². The summed E-state index contributed by atoms with van der Waals surface area (Å²) in [6, 6.07) is 3.42. The van der Waals surface area contributed by atoms with Crippen LogP contribution in [0.4, 0.5) is 5.69 Å². The van der Waals surface area contributed by atoms with Gasteiger partial charge in [-0.1, -0.05) is 6.07 Å². The molecule has 21 heavy (non-hydrogen) atoms. The lowest BCUT2D eigenvalue weighted by Gasteiger charge is -2.30. The number of amides is 1.